The molecule has 1 atom stereocenters. The molecule has 204 valence electrons. The van der Waals surface area contributed by atoms with Crippen molar-refractivity contribution < 1.29 is 9.13 Å². The summed E-state index contributed by atoms with van der Waals surface area (Å²) in [6, 6.07) is 21.8. The minimum Gasteiger partial charge on any atom is -0.497 e. The van der Waals surface area contributed by atoms with Gasteiger partial charge in [-0.15, -0.1) is 5.10 Å². The van der Waals surface area contributed by atoms with Crippen molar-refractivity contribution in [3.63, 3.8) is 0 Å². The van der Waals surface area contributed by atoms with Gasteiger partial charge in [0.05, 0.1) is 13.7 Å². The third-order valence-corrected chi connectivity index (χ3v) is 7.49. The lowest BCUT2D eigenvalue weighted by atomic mass is 10.0. The Morgan fingerprint density at radius 2 is 1.73 bits per heavy atom. The summed E-state index contributed by atoms with van der Waals surface area (Å²) in [5.41, 5.74) is 4.27. The predicted molar refractivity (Wildman–Crippen MR) is 151 cm³/mol. The van der Waals surface area contributed by atoms with Crippen molar-refractivity contribution in [1.82, 2.24) is 30.1 Å². The summed E-state index contributed by atoms with van der Waals surface area (Å²) in [7, 11) is 1.66. The molecule has 0 aliphatic carbocycles. The molecule has 1 saturated heterocycles. The van der Waals surface area contributed by atoms with Crippen LogP contribution in [0, 0.1) is 12.7 Å². The maximum absolute atomic E-state index is 13.6. The number of methoxy groups -OCH3 is 1. The summed E-state index contributed by atoms with van der Waals surface area (Å²) >= 11 is 0. The molecule has 0 saturated carbocycles. The zero-order valence-corrected chi connectivity index (χ0v) is 22.4. The Kier molecular flexibility index (Phi) is 7.00. The molecule has 3 heterocycles. The van der Waals surface area contributed by atoms with Crippen LogP contribution in [0.3, 0.4) is 0 Å². The second-order valence-electron chi connectivity index (χ2n) is 10.1. The highest BCUT2D eigenvalue weighted by molar-refractivity contribution is 5.79. The van der Waals surface area contributed by atoms with Crippen molar-refractivity contribution >= 4 is 16.6 Å². The third-order valence-electron chi connectivity index (χ3n) is 7.49. The number of fused-ring (bicyclic) bond motifs is 1. The van der Waals surface area contributed by atoms with E-state index < -0.39 is 6.04 Å². The SMILES string of the molecule is COc1ccc(N2CCN([C@@H](c3cc4ccc(C)cc4[nH]c3=O)c3nnnn3Cc3ccc(F)cc3)CC2)cc1. The number of nitrogens with zero attached hydrogens (tertiary/aromatic N) is 6. The average molecular weight is 540 g/mol. The van der Waals surface area contributed by atoms with Gasteiger partial charge in [0.15, 0.2) is 5.82 Å². The Morgan fingerprint density at radius 3 is 2.45 bits per heavy atom. The Balaban J connectivity index is 1.36. The molecule has 3 aromatic carbocycles. The number of ether oxygens (including phenoxy) is 1. The van der Waals surface area contributed by atoms with Crippen molar-refractivity contribution in [2.24, 2.45) is 0 Å². The van der Waals surface area contributed by atoms with Crippen LogP contribution in [-0.2, 0) is 6.54 Å². The standard InChI is InChI=1S/C30H30FN7O2/c1-20-3-6-22-18-26(30(39)32-27(22)17-20)28(29-33-34-35-38(29)19-21-4-7-23(31)8-5-21)37-15-13-36(14-16-37)24-9-11-25(40-2)12-10-24/h3-12,17-18,28H,13-16,19H2,1-2H3,(H,32,39)/t28-/m0/s1. The molecular weight excluding hydrogens is 509 g/mol. The van der Waals surface area contributed by atoms with Crippen LogP contribution in [0.2, 0.25) is 0 Å². The first kappa shape index (κ1) is 25.7. The number of aryl methyl sites for hydroxylation is 1. The summed E-state index contributed by atoms with van der Waals surface area (Å²) in [5, 5.41) is 13.6. The number of halogens is 1. The fraction of sp³-hybridized carbons (Fsp3) is 0.267. The molecule has 0 bridgehead atoms. The van der Waals surface area contributed by atoms with E-state index in [0.29, 0.717) is 31.0 Å². The van der Waals surface area contributed by atoms with Crippen LogP contribution in [0.15, 0.2) is 77.6 Å². The van der Waals surface area contributed by atoms with E-state index >= 15 is 0 Å². The van der Waals surface area contributed by atoms with Gasteiger partial charge >= 0.3 is 0 Å². The number of anilines is 1. The van der Waals surface area contributed by atoms with Gasteiger partial charge in [0.2, 0.25) is 0 Å². The summed E-state index contributed by atoms with van der Waals surface area (Å²) < 4.78 is 20.5. The number of H-pyrrole nitrogens is 1. The van der Waals surface area contributed by atoms with Crippen LogP contribution in [0.25, 0.3) is 10.9 Å². The molecule has 0 radical (unpaired) electrons. The molecule has 6 rings (SSSR count). The summed E-state index contributed by atoms with van der Waals surface area (Å²) in [6.07, 6.45) is 0. The van der Waals surface area contributed by atoms with Crippen LogP contribution in [0.5, 0.6) is 5.75 Å². The van der Waals surface area contributed by atoms with E-state index in [-0.39, 0.29) is 11.4 Å². The second kappa shape index (κ2) is 10.9. The van der Waals surface area contributed by atoms with Gasteiger partial charge in [0.25, 0.3) is 5.56 Å². The Morgan fingerprint density at radius 1 is 0.975 bits per heavy atom. The van der Waals surface area contributed by atoms with Crippen LogP contribution in [0.1, 0.15) is 28.6 Å². The summed E-state index contributed by atoms with van der Waals surface area (Å²) in [6.45, 7) is 5.30. The Labute approximate surface area is 230 Å². The molecule has 0 spiro atoms. The predicted octanol–water partition coefficient (Wildman–Crippen LogP) is 3.93. The van der Waals surface area contributed by atoms with Gasteiger partial charge in [-0.3, -0.25) is 9.69 Å². The first-order valence-electron chi connectivity index (χ1n) is 13.3. The highest BCUT2D eigenvalue weighted by atomic mass is 19.1. The highest BCUT2D eigenvalue weighted by Gasteiger charge is 2.33. The number of nitrogens with one attached hydrogen (secondary N) is 1. The number of rotatable bonds is 7. The summed E-state index contributed by atoms with van der Waals surface area (Å²) in [5.74, 6) is 1.09. The molecule has 5 aromatic rings. The molecule has 9 nitrogen and oxygen atoms in total. The van der Waals surface area contributed by atoms with Crippen LogP contribution in [-0.4, -0.2) is 63.4 Å². The van der Waals surface area contributed by atoms with Crippen molar-refractivity contribution in [2.75, 3.05) is 38.2 Å². The van der Waals surface area contributed by atoms with Gasteiger partial charge in [-0.1, -0.05) is 24.3 Å². The number of tetrazole rings is 1. The lowest BCUT2D eigenvalue weighted by Crippen LogP contribution is -2.49. The molecule has 0 unspecified atom stereocenters. The zero-order chi connectivity index (χ0) is 27.6. The minimum atomic E-state index is -0.470. The van der Waals surface area contributed by atoms with E-state index in [0.717, 1.165) is 46.6 Å². The number of aromatic nitrogens is 5. The Bertz CT molecular complexity index is 1670. The molecule has 1 aliphatic heterocycles. The van der Waals surface area contributed by atoms with Gasteiger partial charge in [-0.2, -0.15) is 0 Å². The van der Waals surface area contributed by atoms with E-state index in [1.165, 1.54) is 12.1 Å². The third kappa shape index (κ3) is 5.17. The zero-order valence-electron chi connectivity index (χ0n) is 22.4. The molecular formula is C30H30FN7O2. The number of hydrogen-bond donors (Lipinski definition) is 1. The minimum absolute atomic E-state index is 0.169. The van der Waals surface area contributed by atoms with E-state index in [1.807, 2.05) is 43.3 Å². The monoisotopic (exact) mass is 539 g/mol. The number of hydrogen-bond acceptors (Lipinski definition) is 7. The maximum Gasteiger partial charge on any atom is 0.253 e. The number of piperazine rings is 1. The molecule has 1 N–H and O–H groups in total. The van der Waals surface area contributed by atoms with E-state index in [4.69, 9.17) is 4.74 Å². The lowest BCUT2D eigenvalue weighted by Gasteiger charge is -2.39. The second-order valence-corrected chi connectivity index (χ2v) is 10.1. The molecule has 0 amide bonds. The maximum atomic E-state index is 13.6. The molecule has 10 heteroatoms. The van der Waals surface area contributed by atoms with Crippen LogP contribution in [0.4, 0.5) is 10.1 Å². The molecule has 40 heavy (non-hydrogen) atoms. The first-order chi connectivity index (χ1) is 19.5. The fourth-order valence-corrected chi connectivity index (χ4v) is 5.35. The number of benzene rings is 3. The van der Waals surface area contributed by atoms with Crippen molar-refractivity contribution in [2.45, 2.75) is 19.5 Å². The smallest absolute Gasteiger partial charge is 0.253 e. The van der Waals surface area contributed by atoms with E-state index in [1.54, 1.807) is 23.9 Å². The Hall–Kier alpha value is -4.57. The van der Waals surface area contributed by atoms with Gasteiger partial charge in [0.1, 0.15) is 17.6 Å². The quantitative estimate of drug-likeness (QED) is 0.335. The average Bonchev–Trinajstić information content (AvgIpc) is 3.42. The van der Waals surface area contributed by atoms with Gasteiger partial charge < -0.3 is 14.6 Å². The van der Waals surface area contributed by atoms with Gasteiger partial charge in [-0.05, 0) is 82.4 Å². The molecule has 2 aromatic heterocycles. The van der Waals surface area contributed by atoms with E-state index in [2.05, 4.69) is 42.4 Å². The largest absolute Gasteiger partial charge is 0.497 e. The first-order valence-corrected chi connectivity index (χ1v) is 13.3. The van der Waals surface area contributed by atoms with Crippen molar-refractivity contribution in [3.05, 3.63) is 111 Å². The number of pyridine rings is 1. The van der Waals surface area contributed by atoms with Gasteiger partial charge in [0, 0.05) is 42.9 Å². The number of aromatic amines is 1. The topological polar surface area (TPSA) is 92.2 Å². The van der Waals surface area contributed by atoms with Gasteiger partial charge in [-0.25, -0.2) is 9.07 Å². The summed E-state index contributed by atoms with van der Waals surface area (Å²) in [4.78, 5) is 21.2. The normalized spacial score (nSPS) is 14.9. The van der Waals surface area contributed by atoms with E-state index in [9.17, 15) is 9.18 Å². The highest BCUT2D eigenvalue weighted by Crippen LogP contribution is 2.30. The molecule has 1 aliphatic rings. The van der Waals surface area contributed by atoms with Crippen LogP contribution >= 0.6 is 0 Å². The fourth-order valence-electron chi connectivity index (χ4n) is 5.35. The van der Waals surface area contributed by atoms with Crippen molar-refractivity contribution in [1.29, 1.82) is 0 Å². The van der Waals surface area contributed by atoms with Crippen LogP contribution < -0.4 is 15.2 Å². The molecule has 1 fully saturated rings. The lowest BCUT2D eigenvalue weighted by molar-refractivity contribution is 0.200. The van der Waals surface area contributed by atoms with Crippen molar-refractivity contribution in [3.8, 4) is 5.75 Å².